The lowest BCUT2D eigenvalue weighted by Gasteiger charge is -2.36. The smallest absolute Gasteiger partial charge is 0.247 e. The van der Waals surface area contributed by atoms with Gasteiger partial charge in [0.15, 0.2) is 6.10 Å². The van der Waals surface area contributed by atoms with E-state index >= 15 is 0 Å². The Labute approximate surface area is 128 Å². The SMILES string of the molecule is Cc1nnc([C@H]2CN(c3ccc(C#N)c(C)n3)C[C@@H](C)O2)o1. The molecule has 0 aliphatic carbocycles. The van der Waals surface area contributed by atoms with Crippen molar-refractivity contribution in [3.63, 3.8) is 0 Å². The molecule has 0 aromatic carbocycles. The van der Waals surface area contributed by atoms with Gasteiger partial charge in [-0.05, 0) is 26.0 Å². The third-order valence-electron chi connectivity index (χ3n) is 3.59. The van der Waals surface area contributed by atoms with E-state index in [1.165, 1.54) is 0 Å². The molecular weight excluding hydrogens is 282 g/mol. The molecule has 2 aromatic rings. The molecule has 0 spiro atoms. The standard InChI is InChI=1S/C15H17N5O2/c1-9-7-20(14-5-4-12(6-16)10(2)17-14)8-13(21-9)15-19-18-11(3)22-15/h4-5,9,13H,7-8H2,1-3H3/t9-,13-/m1/s1. The number of nitrogens with zero attached hydrogens (tertiary/aromatic N) is 5. The summed E-state index contributed by atoms with van der Waals surface area (Å²) in [6.07, 6.45) is -0.258. The fourth-order valence-electron chi connectivity index (χ4n) is 2.56. The van der Waals surface area contributed by atoms with Crippen LogP contribution in [0.5, 0.6) is 0 Å². The van der Waals surface area contributed by atoms with Crippen LogP contribution >= 0.6 is 0 Å². The molecule has 2 aromatic heterocycles. The van der Waals surface area contributed by atoms with Gasteiger partial charge in [-0.25, -0.2) is 4.98 Å². The molecule has 1 fully saturated rings. The van der Waals surface area contributed by atoms with E-state index in [4.69, 9.17) is 14.4 Å². The number of pyridine rings is 1. The predicted molar refractivity (Wildman–Crippen MR) is 78.2 cm³/mol. The van der Waals surface area contributed by atoms with E-state index in [2.05, 4.69) is 26.2 Å². The summed E-state index contributed by atoms with van der Waals surface area (Å²) in [6, 6.07) is 5.79. The second kappa shape index (κ2) is 5.73. The van der Waals surface area contributed by atoms with E-state index in [0.717, 1.165) is 18.1 Å². The summed E-state index contributed by atoms with van der Waals surface area (Å²) in [6.45, 7) is 6.90. The molecular formula is C15H17N5O2. The molecule has 1 aliphatic rings. The van der Waals surface area contributed by atoms with Crippen LogP contribution in [0.15, 0.2) is 16.5 Å². The zero-order valence-corrected chi connectivity index (χ0v) is 12.8. The largest absolute Gasteiger partial charge is 0.423 e. The van der Waals surface area contributed by atoms with Crippen molar-refractivity contribution in [3.05, 3.63) is 35.2 Å². The molecule has 0 bridgehead atoms. The van der Waals surface area contributed by atoms with Gasteiger partial charge in [0.25, 0.3) is 0 Å². The first-order valence-electron chi connectivity index (χ1n) is 7.15. The number of ether oxygens (including phenoxy) is 1. The van der Waals surface area contributed by atoms with Crippen molar-refractivity contribution in [1.82, 2.24) is 15.2 Å². The third kappa shape index (κ3) is 2.78. The fraction of sp³-hybridized carbons (Fsp3) is 0.467. The Morgan fingerprint density at radius 2 is 2.09 bits per heavy atom. The van der Waals surface area contributed by atoms with Crippen LogP contribution in [-0.4, -0.2) is 34.4 Å². The fourth-order valence-corrected chi connectivity index (χ4v) is 2.56. The van der Waals surface area contributed by atoms with E-state index < -0.39 is 0 Å². The first-order valence-corrected chi connectivity index (χ1v) is 7.15. The Balaban J connectivity index is 1.84. The van der Waals surface area contributed by atoms with Gasteiger partial charge in [-0.3, -0.25) is 0 Å². The first kappa shape index (κ1) is 14.5. The van der Waals surface area contributed by atoms with Crippen molar-refractivity contribution in [2.75, 3.05) is 18.0 Å². The summed E-state index contributed by atoms with van der Waals surface area (Å²) < 4.78 is 11.4. The molecule has 22 heavy (non-hydrogen) atoms. The summed E-state index contributed by atoms with van der Waals surface area (Å²) in [5.41, 5.74) is 1.32. The lowest BCUT2D eigenvalue weighted by molar-refractivity contribution is -0.0313. The second-order valence-corrected chi connectivity index (χ2v) is 5.41. The quantitative estimate of drug-likeness (QED) is 0.837. The van der Waals surface area contributed by atoms with E-state index in [1.807, 2.05) is 19.9 Å². The van der Waals surface area contributed by atoms with E-state index in [1.54, 1.807) is 13.0 Å². The number of nitriles is 1. The van der Waals surface area contributed by atoms with E-state index in [9.17, 15) is 0 Å². The molecule has 0 radical (unpaired) electrons. The molecule has 2 atom stereocenters. The van der Waals surface area contributed by atoms with E-state index in [0.29, 0.717) is 23.9 Å². The number of aromatic nitrogens is 3. The molecule has 0 amide bonds. The lowest BCUT2D eigenvalue weighted by Crippen LogP contribution is -2.43. The highest BCUT2D eigenvalue weighted by molar-refractivity contribution is 5.45. The molecule has 1 saturated heterocycles. The summed E-state index contributed by atoms with van der Waals surface area (Å²) in [5, 5.41) is 16.9. The number of rotatable bonds is 2. The van der Waals surface area contributed by atoms with Gasteiger partial charge in [-0.15, -0.1) is 10.2 Å². The highest BCUT2D eigenvalue weighted by Gasteiger charge is 2.30. The highest BCUT2D eigenvalue weighted by atomic mass is 16.5. The first-order chi connectivity index (χ1) is 10.6. The normalized spacial score (nSPS) is 21.6. The summed E-state index contributed by atoms with van der Waals surface area (Å²) in [4.78, 5) is 6.63. The number of hydrogen-bond donors (Lipinski definition) is 0. The highest BCUT2D eigenvalue weighted by Crippen LogP contribution is 2.27. The van der Waals surface area contributed by atoms with Crippen LogP contribution < -0.4 is 4.90 Å². The number of aryl methyl sites for hydroxylation is 2. The van der Waals surface area contributed by atoms with Crippen LogP contribution in [0.2, 0.25) is 0 Å². The van der Waals surface area contributed by atoms with Crippen LogP contribution in [0.1, 0.15) is 36.1 Å². The molecule has 0 saturated carbocycles. The topological polar surface area (TPSA) is 88.1 Å². The monoisotopic (exact) mass is 299 g/mol. The van der Waals surface area contributed by atoms with Gasteiger partial charge >= 0.3 is 0 Å². The Kier molecular flexibility index (Phi) is 3.77. The molecule has 3 rings (SSSR count). The second-order valence-electron chi connectivity index (χ2n) is 5.41. The lowest BCUT2D eigenvalue weighted by atomic mass is 10.2. The van der Waals surface area contributed by atoms with Gasteiger partial charge in [0.2, 0.25) is 11.8 Å². The molecule has 3 heterocycles. The minimum atomic E-state index is -0.275. The minimum Gasteiger partial charge on any atom is -0.423 e. The number of hydrogen-bond acceptors (Lipinski definition) is 7. The van der Waals surface area contributed by atoms with Crippen LogP contribution in [0, 0.1) is 25.2 Å². The van der Waals surface area contributed by atoms with Crippen LogP contribution in [0.4, 0.5) is 5.82 Å². The molecule has 0 unspecified atom stereocenters. The Bertz CT molecular complexity index is 721. The molecule has 0 N–H and O–H groups in total. The van der Waals surface area contributed by atoms with Gasteiger partial charge in [0, 0.05) is 13.5 Å². The molecule has 7 heteroatoms. The Morgan fingerprint density at radius 1 is 1.27 bits per heavy atom. The maximum atomic E-state index is 9.00. The third-order valence-corrected chi connectivity index (χ3v) is 3.59. The number of anilines is 1. The average molecular weight is 299 g/mol. The van der Waals surface area contributed by atoms with Crippen molar-refractivity contribution in [2.45, 2.75) is 33.0 Å². The minimum absolute atomic E-state index is 0.0173. The van der Waals surface area contributed by atoms with Gasteiger partial charge in [-0.2, -0.15) is 5.26 Å². The van der Waals surface area contributed by atoms with Crippen LogP contribution in [0.25, 0.3) is 0 Å². The predicted octanol–water partition coefficient (Wildman–Crippen LogP) is 1.92. The van der Waals surface area contributed by atoms with E-state index in [-0.39, 0.29) is 12.2 Å². The van der Waals surface area contributed by atoms with Gasteiger partial charge in [0.05, 0.1) is 23.9 Å². The van der Waals surface area contributed by atoms with Crippen molar-refractivity contribution >= 4 is 5.82 Å². The summed E-state index contributed by atoms with van der Waals surface area (Å²) in [5.74, 6) is 1.84. The summed E-state index contributed by atoms with van der Waals surface area (Å²) in [7, 11) is 0. The van der Waals surface area contributed by atoms with Gasteiger partial charge in [0.1, 0.15) is 11.9 Å². The maximum absolute atomic E-state index is 9.00. The van der Waals surface area contributed by atoms with Gasteiger partial charge in [-0.1, -0.05) is 0 Å². The van der Waals surface area contributed by atoms with Crippen molar-refractivity contribution in [2.24, 2.45) is 0 Å². The van der Waals surface area contributed by atoms with Crippen molar-refractivity contribution in [3.8, 4) is 6.07 Å². The Morgan fingerprint density at radius 3 is 2.73 bits per heavy atom. The zero-order valence-electron chi connectivity index (χ0n) is 12.8. The Hall–Kier alpha value is -2.46. The van der Waals surface area contributed by atoms with Crippen LogP contribution in [0.3, 0.4) is 0 Å². The van der Waals surface area contributed by atoms with Gasteiger partial charge < -0.3 is 14.1 Å². The van der Waals surface area contributed by atoms with Crippen molar-refractivity contribution in [1.29, 1.82) is 5.26 Å². The maximum Gasteiger partial charge on any atom is 0.247 e. The van der Waals surface area contributed by atoms with Crippen LogP contribution in [-0.2, 0) is 4.74 Å². The summed E-state index contributed by atoms with van der Waals surface area (Å²) >= 11 is 0. The molecule has 114 valence electrons. The zero-order chi connectivity index (χ0) is 15.7. The average Bonchev–Trinajstić information content (AvgIpc) is 2.93. The number of morpholine rings is 1. The van der Waals surface area contributed by atoms with Crippen molar-refractivity contribution < 1.29 is 9.15 Å². The molecule has 1 aliphatic heterocycles. The molecule has 7 nitrogen and oxygen atoms in total.